The lowest BCUT2D eigenvalue weighted by Gasteiger charge is -2.32. The fourth-order valence-electron chi connectivity index (χ4n) is 4.29. The topological polar surface area (TPSA) is 114 Å². The second-order valence-electron chi connectivity index (χ2n) is 8.54. The average molecular weight is 485 g/mol. The Hall–Kier alpha value is -4.14. The molecule has 1 N–H and O–H groups in total. The minimum atomic E-state index is -4.01. The van der Waals surface area contributed by atoms with E-state index in [0.29, 0.717) is 41.4 Å². The molecule has 0 bridgehead atoms. The zero-order valence-corrected chi connectivity index (χ0v) is 20.0. The number of nitrogens with one attached hydrogen (secondary N) is 1. The number of carbonyl (C=O) groups excluding carboxylic acids is 1. The maximum absolute atomic E-state index is 13.2. The molecule has 1 fully saturated rings. The number of rotatable bonds is 5. The lowest BCUT2D eigenvalue weighted by atomic mass is 9.89. The zero-order chi connectivity index (χ0) is 25.0. The molecule has 8 heteroatoms. The molecular weight excluding hydrogens is 460 g/mol. The fraction of sp³-hybridized carbons (Fsp3) is 0.222. The Kier molecular flexibility index (Phi) is 6.86. The number of nitriles is 2. The van der Waals surface area contributed by atoms with Crippen LogP contribution in [0.5, 0.6) is 0 Å². The van der Waals surface area contributed by atoms with Crippen molar-refractivity contribution in [3.05, 3.63) is 94.5 Å². The van der Waals surface area contributed by atoms with E-state index in [1.54, 1.807) is 42.2 Å². The highest BCUT2D eigenvalue weighted by Gasteiger charge is 2.26. The number of aryl methyl sites for hydroxylation is 1. The lowest BCUT2D eigenvalue weighted by molar-refractivity contribution is 0.0713. The number of hydrogen-bond donors (Lipinski definition) is 1. The van der Waals surface area contributed by atoms with Gasteiger partial charge in [-0.2, -0.15) is 10.5 Å². The largest absolute Gasteiger partial charge is 0.339 e. The van der Waals surface area contributed by atoms with Crippen molar-refractivity contribution in [3.8, 4) is 12.1 Å². The van der Waals surface area contributed by atoms with Gasteiger partial charge in [-0.25, -0.2) is 8.42 Å². The minimum Gasteiger partial charge on any atom is -0.339 e. The van der Waals surface area contributed by atoms with E-state index < -0.39 is 10.0 Å². The number of piperidine rings is 1. The van der Waals surface area contributed by atoms with E-state index in [-0.39, 0.29) is 16.4 Å². The van der Waals surface area contributed by atoms with Crippen LogP contribution in [0.3, 0.4) is 0 Å². The van der Waals surface area contributed by atoms with Gasteiger partial charge >= 0.3 is 0 Å². The van der Waals surface area contributed by atoms with Crippen LogP contribution in [0.4, 0.5) is 5.69 Å². The van der Waals surface area contributed by atoms with E-state index in [1.807, 2.05) is 30.3 Å². The Morgan fingerprint density at radius 3 is 2.31 bits per heavy atom. The quantitative estimate of drug-likeness (QED) is 0.570. The second kappa shape index (κ2) is 10.0. The molecule has 1 aliphatic heterocycles. The predicted molar refractivity (Wildman–Crippen MR) is 132 cm³/mol. The minimum absolute atomic E-state index is 0.0509. The smallest absolute Gasteiger partial charge is 0.263 e. The number of carbonyl (C=O) groups is 1. The number of anilines is 1. The Balaban J connectivity index is 1.48. The van der Waals surface area contributed by atoms with E-state index >= 15 is 0 Å². The standard InChI is InChI=1S/C27H24N4O3S/c1-19-6-9-23(16-25(19)30-35(33,34)26-5-3-2-4-24(26)18-29)27(32)31-14-12-22(13-15-31)21-10-7-20(17-28)8-11-21/h2-11,16,22,30H,12-15H2,1H3. The van der Waals surface area contributed by atoms with Crippen LogP contribution in [-0.2, 0) is 10.0 Å². The van der Waals surface area contributed by atoms with Crippen molar-refractivity contribution < 1.29 is 13.2 Å². The van der Waals surface area contributed by atoms with Crippen LogP contribution in [0.2, 0.25) is 0 Å². The van der Waals surface area contributed by atoms with Gasteiger partial charge in [-0.15, -0.1) is 0 Å². The molecule has 0 aliphatic carbocycles. The summed E-state index contributed by atoms with van der Waals surface area (Å²) in [6, 6.07) is 22.6. The zero-order valence-electron chi connectivity index (χ0n) is 19.2. The molecule has 0 saturated carbocycles. The van der Waals surface area contributed by atoms with Crippen molar-refractivity contribution in [1.29, 1.82) is 10.5 Å². The van der Waals surface area contributed by atoms with Crippen LogP contribution in [0, 0.1) is 29.6 Å². The SMILES string of the molecule is Cc1ccc(C(=O)N2CCC(c3ccc(C#N)cc3)CC2)cc1NS(=O)(=O)c1ccccc1C#N. The highest BCUT2D eigenvalue weighted by atomic mass is 32.2. The molecule has 1 saturated heterocycles. The van der Waals surface area contributed by atoms with Gasteiger partial charge in [-0.1, -0.05) is 30.3 Å². The van der Waals surface area contributed by atoms with Gasteiger partial charge in [-0.3, -0.25) is 9.52 Å². The number of likely N-dealkylation sites (tertiary alicyclic amines) is 1. The molecule has 3 aromatic carbocycles. The number of hydrogen-bond acceptors (Lipinski definition) is 5. The first kappa shape index (κ1) is 24.0. The fourth-order valence-corrected chi connectivity index (χ4v) is 5.57. The van der Waals surface area contributed by atoms with Gasteiger partial charge in [0.2, 0.25) is 0 Å². The summed E-state index contributed by atoms with van der Waals surface area (Å²) in [5.74, 6) is 0.175. The van der Waals surface area contributed by atoms with Gasteiger partial charge in [0, 0.05) is 18.7 Å². The first-order chi connectivity index (χ1) is 16.8. The van der Waals surface area contributed by atoms with Crippen LogP contribution in [0.25, 0.3) is 0 Å². The van der Waals surface area contributed by atoms with E-state index in [1.165, 1.54) is 17.7 Å². The Morgan fingerprint density at radius 2 is 1.66 bits per heavy atom. The summed E-state index contributed by atoms with van der Waals surface area (Å²) >= 11 is 0. The van der Waals surface area contributed by atoms with E-state index in [4.69, 9.17) is 5.26 Å². The third kappa shape index (κ3) is 5.18. The van der Waals surface area contributed by atoms with Crippen molar-refractivity contribution in [1.82, 2.24) is 4.90 Å². The monoisotopic (exact) mass is 484 g/mol. The molecule has 176 valence electrons. The summed E-state index contributed by atoms with van der Waals surface area (Å²) in [6.45, 7) is 2.94. The number of amides is 1. The van der Waals surface area contributed by atoms with Gasteiger partial charge < -0.3 is 4.90 Å². The van der Waals surface area contributed by atoms with Gasteiger partial charge in [0.25, 0.3) is 15.9 Å². The molecule has 0 aromatic heterocycles. The number of nitrogens with zero attached hydrogens (tertiary/aromatic N) is 3. The van der Waals surface area contributed by atoms with Gasteiger partial charge in [0.15, 0.2) is 0 Å². The molecule has 1 aliphatic rings. The van der Waals surface area contributed by atoms with Gasteiger partial charge in [-0.05, 0) is 73.2 Å². The number of sulfonamides is 1. The molecule has 1 amide bonds. The van der Waals surface area contributed by atoms with Crippen molar-refractivity contribution in [2.24, 2.45) is 0 Å². The maximum atomic E-state index is 13.2. The van der Waals surface area contributed by atoms with Crippen LogP contribution in [-0.4, -0.2) is 32.3 Å². The normalized spacial score (nSPS) is 14.1. The average Bonchev–Trinajstić information content (AvgIpc) is 2.89. The second-order valence-corrected chi connectivity index (χ2v) is 10.2. The molecule has 0 unspecified atom stereocenters. The predicted octanol–water partition coefficient (Wildman–Crippen LogP) is 4.56. The number of benzene rings is 3. The Bertz CT molecular complexity index is 1440. The third-order valence-corrected chi connectivity index (χ3v) is 7.74. The van der Waals surface area contributed by atoms with Gasteiger partial charge in [0.1, 0.15) is 11.0 Å². The molecule has 1 heterocycles. The Morgan fingerprint density at radius 1 is 0.971 bits per heavy atom. The Labute approximate surface area is 205 Å². The van der Waals surface area contributed by atoms with Crippen LogP contribution < -0.4 is 4.72 Å². The molecule has 3 aromatic rings. The first-order valence-electron chi connectivity index (χ1n) is 11.2. The van der Waals surface area contributed by atoms with Gasteiger partial charge in [0.05, 0.1) is 22.9 Å². The van der Waals surface area contributed by atoms with Crippen LogP contribution >= 0.6 is 0 Å². The van der Waals surface area contributed by atoms with Crippen LogP contribution in [0.15, 0.2) is 71.6 Å². The first-order valence-corrected chi connectivity index (χ1v) is 12.7. The van der Waals surface area contributed by atoms with Crippen LogP contribution in [0.1, 0.15) is 51.4 Å². The maximum Gasteiger partial charge on any atom is 0.263 e. The molecule has 7 nitrogen and oxygen atoms in total. The summed E-state index contributed by atoms with van der Waals surface area (Å²) in [5.41, 5.74) is 3.22. The lowest BCUT2D eigenvalue weighted by Crippen LogP contribution is -2.38. The summed E-state index contributed by atoms with van der Waals surface area (Å²) < 4.78 is 28.4. The van der Waals surface area contributed by atoms with Crippen molar-refractivity contribution in [3.63, 3.8) is 0 Å². The third-order valence-electron chi connectivity index (χ3n) is 6.32. The van der Waals surface area contributed by atoms with E-state index in [0.717, 1.165) is 12.8 Å². The summed E-state index contributed by atoms with van der Waals surface area (Å²) in [7, 11) is -4.01. The summed E-state index contributed by atoms with van der Waals surface area (Å²) in [6.07, 6.45) is 1.63. The highest BCUT2D eigenvalue weighted by molar-refractivity contribution is 7.92. The molecule has 0 spiro atoms. The van der Waals surface area contributed by atoms with Crippen molar-refractivity contribution in [2.75, 3.05) is 17.8 Å². The van der Waals surface area contributed by atoms with Crippen molar-refractivity contribution in [2.45, 2.75) is 30.6 Å². The van der Waals surface area contributed by atoms with E-state index in [2.05, 4.69) is 10.8 Å². The van der Waals surface area contributed by atoms with Crippen molar-refractivity contribution >= 4 is 21.6 Å². The van der Waals surface area contributed by atoms with E-state index in [9.17, 15) is 18.5 Å². The summed E-state index contributed by atoms with van der Waals surface area (Å²) in [4.78, 5) is 14.9. The highest BCUT2D eigenvalue weighted by Crippen LogP contribution is 2.30. The summed E-state index contributed by atoms with van der Waals surface area (Å²) in [5, 5.41) is 18.3. The molecule has 4 rings (SSSR count). The molecule has 0 atom stereocenters. The molecule has 35 heavy (non-hydrogen) atoms. The molecular formula is C27H24N4O3S. The molecule has 0 radical (unpaired) electrons.